The van der Waals surface area contributed by atoms with Gasteiger partial charge in [0, 0.05) is 0 Å². The molecular weight excluding hydrogens is 472 g/mol. The Morgan fingerprint density at radius 3 is 0.590 bits per heavy atom. The topological polar surface area (TPSA) is 20.2 Å². The molecule has 0 aromatic rings. The van der Waals surface area contributed by atoms with Gasteiger partial charge in [-0.3, -0.25) is 0 Å². The molecule has 236 valence electrons. The second kappa shape index (κ2) is 36.0. The van der Waals surface area contributed by atoms with Crippen LogP contribution < -0.4 is 0 Å². The summed E-state index contributed by atoms with van der Waals surface area (Å²) in [4.78, 5) is 0. The standard InChI is InChI=1S/C38H78O/c1-3-4-5-6-7-8-9-10-11-12-13-14-15-16-17-18-19-20-21-22-23-24-25-26-27-28-29-30-31-32-33-34-35-36-37-38(2)39/h38-39H,3-37H2,1-2H3. The van der Waals surface area contributed by atoms with Crippen LogP contribution in [0.4, 0.5) is 0 Å². The van der Waals surface area contributed by atoms with Crippen molar-refractivity contribution in [3.05, 3.63) is 0 Å². The molecule has 0 aliphatic rings. The van der Waals surface area contributed by atoms with Crippen LogP contribution in [-0.4, -0.2) is 11.2 Å². The molecule has 0 saturated heterocycles. The van der Waals surface area contributed by atoms with Crippen molar-refractivity contribution in [2.45, 2.75) is 245 Å². The lowest BCUT2D eigenvalue weighted by Gasteiger charge is -2.05. The van der Waals surface area contributed by atoms with Gasteiger partial charge < -0.3 is 5.11 Å². The summed E-state index contributed by atoms with van der Waals surface area (Å²) < 4.78 is 0. The van der Waals surface area contributed by atoms with Crippen molar-refractivity contribution in [1.29, 1.82) is 0 Å². The molecule has 0 bridgehead atoms. The van der Waals surface area contributed by atoms with E-state index in [4.69, 9.17) is 0 Å². The van der Waals surface area contributed by atoms with Crippen LogP contribution in [0.5, 0.6) is 0 Å². The maximum absolute atomic E-state index is 9.27. The van der Waals surface area contributed by atoms with Crippen LogP contribution in [0.1, 0.15) is 239 Å². The summed E-state index contributed by atoms with van der Waals surface area (Å²) in [5, 5.41) is 9.27. The van der Waals surface area contributed by atoms with Crippen molar-refractivity contribution >= 4 is 0 Å². The van der Waals surface area contributed by atoms with Crippen molar-refractivity contribution in [2.24, 2.45) is 0 Å². The molecule has 0 aromatic carbocycles. The van der Waals surface area contributed by atoms with Gasteiger partial charge in [0.1, 0.15) is 0 Å². The maximum Gasteiger partial charge on any atom is 0.0512 e. The Morgan fingerprint density at radius 1 is 0.282 bits per heavy atom. The van der Waals surface area contributed by atoms with Gasteiger partial charge in [0.2, 0.25) is 0 Å². The van der Waals surface area contributed by atoms with Crippen molar-refractivity contribution in [1.82, 2.24) is 0 Å². The van der Waals surface area contributed by atoms with E-state index in [9.17, 15) is 5.11 Å². The highest BCUT2D eigenvalue weighted by Gasteiger charge is 1.98. The summed E-state index contributed by atoms with van der Waals surface area (Å²) in [6, 6.07) is 0. The number of aliphatic hydroxyl groups excluding tert-OH is 1. The van der Waals surface area contributed by atoms with E-state index in [1.165, 1.54) is 218 Å². The van der Waals surface area contributed by atoms with Gasteiger partial charge in [-0.05, 0) is 13.3 Å². The van der Waals surface area contributed by atoms with E-state index in [1.54, 1.807) is 0 Å². The summed E-state index contributed by atoms with van der Waals surface area (Å²) in [5.74, 6) is 0. The fourth-order valence-corrected chi connectivity index (χ4v) is 6.17. The Balaban J connectivity index is 3.02. The summed E-state index contributed by atoms with van der Waals surface area (Å²) in [7, 11) is 0. The molecule has 0 rings (SSSR count). The van der Waals surface area contributed by atoms with E-state index in [-0.39, 0.29) is 6.10 Å². The summed E-state index contributed by atoms with van der Waals surface area (Å²) in [5.41, 5.74) is 0. The van der Waals surface area contributed by atoms with Gasteiger partial charge in [-0.15, -0.1) is 0 Å². The minimum atomic E-state index is -0.103. The second-order valence-corrected chi connectivity index (χ2v) is 13.3. The predicted octanol–water partition coefficient (Wildman–Crippen LogP) is 14.0. The molecular formula is C38H78O. The molecule has 39 heavy (non-hydrogen) atoms. The fraction of sp³-hybridized carbons (Fsp3) is 1.00. The number of unbranched alkanes of at least 4 members (excludes halogenated alkanes) is 33. The van der Waals surface area contributed by atoms with Gasteiger partial charge in [0.15, 0.2) is 0 Å². The van der Waals surface area contributed by atoms with Gasteiger partial charge in [-0.25, -0.2) is 0 Å². The van der Waals surface area contributed by atoms with Gasteiger partial charge in [0.25, 0.3) is 0 Å². The zero-order valence-electron chi connectivity index (χ0n) is 27.8. The van der Waals surface area contributed by atoms with E-state index in [0.717, 1.165) is 6.42 Å². The molecule has 0 radical (unpaired) electrons. The first kappa shape index (κ1) is 39.0. The molecule has 0 amide bonds. The van der Waals surface area contributed by atoms with Gasteiger partial charge >= 0.3 is 0 Å². The predicted molar refractivity (Wildman–Crippen MR) is 179 cm³/mol. The highest BCUT2D eigenvalue weighted by atomic mass is 16.3. The lowest BCUT2D eigenvalue weighted by Crippen LogP contribution is -1.98. The molecule has 1 atom stereocenters. The molecule has 1 unspecified atom stereocenters. The van der Waals surface area contributed by atoms with Crippen molar-refractivity contribution in [2.75, 3.05) is 0 Å². The fourth-order valence-electron chi connectivity index (χ4n) is 6.17. The largest absolute Gasteiger partial charge is 0.393 e. The lowest BCUT2D eigenvalue weighted by atomic mass is 10.0. The number of hydrogen-bond acceptors (Lipinski definition) is 1. The molecule has 1 N–H and O–H groups in total. The molecule has 0 fully saturated rings. The zero-order chi connectivity index (χ0) is 28.3. The second-order valence-electron chi connectivity index (χ2n) is 13.3. The third kappa shape index (κ3) is 38.0. The molecule has 0 spiro atoms. The first-order valence-electron chi connectivity index (χ1n) is 19.0. The van der Waals surface area contributed by atoms with Crippen LogP contribution in [0.2, 0.25) is 0 Å². The summed E-state index contributed by atoms with van der Waals surface area (Å²) >= 11 is 0. The summed E-state index contributed by atoms with van der Waals surface area (Å²) in [6.07, 6.45) is 50.3. The molecule has 0 aromatic heterocycles. The Hall–Kier alpha value is -0.0400. The van der Waals surface area contributed by atoms with E-state index >= 15 is 0 Å². The van der Waals surface area contributed by atoms with Gasteiger partial charge in [-0.1, -0.05) is 225 Å². The molecule has 0 saturated carbocycles. The third-order valence-electron chi connectivity index (χ3n) is 8.98. The highest BCUT2D eigenvalue weighted by molar-refractivity contribution is 4.53. The lowest BCUT2D eigenvalue weighted by molar-refractivity contribution is 0.180. The quantitative estimate of drug-likeness (QED) is 0.0778. The Kier molecular flexibility index (Phi) is 35.9. The highest BCUT2D eigenvalue weighted by Crippen LogP contribution is 2.17. The van der Waals surface area contributed by atoms with E-state index in [1.807, 2.05) is 6.92 Å². The molecule has 0 aliphatic carbocycles. The van der Waals surface area contributed by atoms with Gasteiger partial charge in [0.05, 0.1) is 6.10 Å². The number of hydrogen-bond donors (Lipinski definition) is 1. The summed E-state index contributed by atoms with van der Waals surface area (Å²) in [6.45, 7) is 4.21. The monoisotopic (exact) mass is 551 g/mol. The number of aliphatic hydroxyl groups is 1. The van der Waals surface area contributed by atoms with E-state index < -0.39 is 0 Å². The first-order valence-corrected chi connectivity index (χ1v) is 19.0. The first-order chi connectivity index (χ1) is 19.3. The van der Waals surface area contributed by atoms with Gasteiger partial charge in [-0.2, -0.15) is 0 Å². The molecule has 1 nitrogen and oxygen atoms in total. The average molecular weight is 551 g/mol. The van der Waals surface area contributed by atoms with Crippen molar-refractivity contribution in [3.63, 3.8) is 0 Å². The van der Waals surface area contributed by atoms with E-state index in [0.29, 0.717) is 0 Å². The van der Waals surface area contributed by atoms with Crippen LogP contribution in [0.3, 0.4) is 0 Å². The average Bonchev–Trinajstić information content (AvgIpc) is 2.93. The Morgan fingerprint density at radius 2 is 0.436 bits per heavy atom. The SMILES string of the molecule is CCCCCCCCCCCCCCCCCCCCCCCCCCCCCCCCCCCCC(C)O. The van der Waals surface area contributed by atoms with Crippen LogP contribution in [-0.2, 0) is 0 Å². The minimum Gasteiger partial charge on any atom is -0.393 e. The minimum absolute atomic E-state index is 0.103. The third-order valence-corrected chi connectivity index (χ3v) is 8.98. The van der Waals surface area contributed by atoms with E-state index in [2.05, 4.69) is 6.92 Å². The zero-order valence-corrected chi connectivity index (χ0v) is 27.8. The van der Waals surface area contributed by atoms with Crippen LogP contribution in [0.25, 0.3) is 0 Å². The molecule has 0 aliphatic heterocycles. The molecule has 0 heterocycles. The van der Waals surface area contributed by atoms with Crippen LogP contribution >= 0.6 is 0 Å². The van der Waals surface area contributed by atoms with Crippen molar-refractivity contribution in [3.8, 4) is 0 Å². The maximum atomic E-state index is 9.27. The van der Waals surface area contributed by atoms with Crippen LogP contribution in [0.15, 0.2) is 0 Å². The number of rotatable bonds is 35. The smallest absolute Gasteiger partial charge is 0.0512 e. The van der Waals surface area contributed by atoms with Crippen molar-refractivity contribution < 1.29 is 5.11 Å². The Labute approximate surface area is 249 Å². The normalized spacial score (nSPS) is 12.4. The Bertz CT molecular complexity index is 404. The van der Waals surface area contributed by atoms with Crippen LogP contribution in [0, 0.1) is 0 Å². The molecule has 1 heteroatoms.